The largest absolute Gasteiger partial charge is 0.299 e. The minimum absolute atomic E-state index is 0.116. The van der Waals surface area contributed by atoms with E-state index in [9.17, 15) is 4.79 Å². The molecule has 0 aromatic heterocycles. The molecule has 1 aromatic carbocycles. The lowest BCUT2D eigenvalue weighted by Gasteiger charge is -2.05. The van der Waals surface area contributed by atoms with E-state index in [4.69, 9.17) is 34.8 Å². The van der Waals surface area contributed by atoms with Crippen molar-refractivity contribution in [2.45, 2.75) is 19.3 Å². The Bertz CT molecular complexity index is 329. The normalized spacial score (nSPS) is 10.3. The van der Waals surface area contributed by atoms with E-state index in [0.717, 1.165) is 0 Å². The second-order valence-corrected chi connectivity index (χ2v) is 4.40. The highest BCUT2D eigenvalue weighted by Gasteiger charge is 2.10. The van der Waals surface area contributed by atoms with E-state index in [-0.39, 0.29) is 12.2 Å². The molecule has 0 N–H and O–H groups in total. The van der Waals surface area contributed by atoms with Crippen molar-refractivity contribution >= 4 is 40.6 Å². The maximum absolute atomic E-state index is 11.5. The van der Waals surface area contributed by atoms with Crippen molar-refractivity contribution in [3.63, 3.8) is 0 Å². The standard InChI is InChI=1S/C11H11Cl3O/c12-6-2-3-8(15)7-9-10(13)4-1-5-11(9)14/h1,4-5H,2-3,6-7H2. The fourth-order valence-corrected chi connectivity index (χ4v) is 1.92. The molecule has 0 saturated heterocycles. The number of alkyl halides is 1. The average Bonchev–Trinajstić information content (AvgIpc) is 2.21. The minimum Gasteiger partial charge on any atom is -0.299 e. The fraction of sp³-hybridized carbons (Fsp3) is 0.364. The van der Waals surface area contributed by atoms with Gasteiger partial charge in [0.1, 0.15) is 5.78 Å². The van der Waals surface area contributed by atoms with Gasteiger partial charge in [0.25, 0.3) is 0 Å². The number of carbonyl (C=O) groups excluding carboxylic acids is 1. The lowest BCUT2D eigenvalue weighted by molar-refractivity contribution is -0.118. The molecule has 0 aliphatic rings. The molecule has 0 bridgehead atoms. The Kier molecular flexibility index (Phi) is 5.44. The van der Waals surface area contributed by atoms with Gasteiger partial charge >= 0.3 is 0 Å². The molecule has 0 heterocycles. The lowest BCUT2D eigenvalue weighted by Crippen LogP contribution is -2.03. The summed E-state index contributed by atoms with van der Waals surface area (Å²) in [5.41, 5.74) is 0.709. The Balaban J connectivity index is 2.68. The summed E-state index contributed by atoms with van der Waals surface area (Å²) in [6, 6.07) is 5.23. The Morgan fingerprint density at radius 1 is 1.20 bits per heavy atom. The van der Waals surface area contributed by atoms with Gasteiger partial charge in [0.05, 0.1) is 0 Å². The summed E-state index contributed by atoms with van der Waals surface area (Å²) in [5.74, 6) is 0.618. The Morgan fingerprint density at radius 3 is 2.33 bits per heavy atom. The number of ketones is 1. The van der Waals surface area contributed by atoms with E-state index in [2.05, 4.69) is 0 Å². The van der Waals surface area contributed by atoms with Crippen LogP contribution in [0.5, 0.6) is 0 Å². The predicted octanol–water partition coefficient (Wildman–Crippen LogP) is 4.12. The summed E-state index contributed by atoms with van der Waals surface area (Å²) in [4.78, 5) is 11.5. The van der Waals surface area contributed by atoms with Gasteiger partial charge < -0.3 is 0 Å². The van der Waals surface area contributed by atoms with Crippen LogP contribution in [0.3, 0.4) is 0 Å². The van der Waals surface area contributed by atoms with Crippen molar-refractivity contribution in [2.24, 2.45) is 0 Å². The maximum Gasteiger partial charge on any atom is 0.137 e. The van der Waals surface area contributed by atoms with E-state index in [1.807, 2.05) is 0 Å². The molecule has 0 radical (unpaired) electrons. The van der Waals surface area contributed by atoms with Crippen LogP contribution in [0.2, 0.25) is 10.0 Å². The van der Waals surface area contributed by atoms with E-state index in [0.29, 0.717) is 34.3 Å². The Hall–Kier alpha value is -0.240. The molecule has 0 atom stereocenters. The van der Waals surface area contributed by atoms with E-state index < -0.39 is 0 Å². The summed E-state index contributed by atoms with van der Waals surface area (Å²) >= 11 is 17.4. The second kappa shape index (κ2) is 6.37. The number of carbonyl (C=O) groups is 1. The van der Waals surface area contributed by atoms with Crippen LogP contribution < -0.4 is 0 Å². The molecule has 4 heteroatoms. The van der Waals surface area contributed by atoms with Crippen LogP contribution >= 0.6 is 34.8 Å². The van der Waals surface area contributed by atoms with Crippen LogP contribution in [-0.2, 0) is 11.2 Å². The van der Waals surface area contributed by atoms with Gasteiger partial charge in [0.2, 0.25) is 0 Å². The molecular formula is C11H11Cl3O. The first-order valence-electron chi connectivity index (χ1n) is 4.65. The highest BCUT2D eigenvalue weighted by Crippen LogP contribution is 2.25. The Labute approximate surface area is 104 Å². The van der Waals surface area contributed by atoms with E-state index in [1.54, 1.807) is 18.2 Å². The molecule has 0 aliphatic heterocycles. The number of halogens is 3. The third-order valence-corrected chi connectivity index (χ3v) is 3.00. The molecule has 82 valence electrons. The minimum atomic E-state index is 0.116. The van der Waals surface area contributed by atoms with Crippen molar-refractivity contribution in [1.29, 1.82) is 0 Å². The van der Waals surface area contributed by atoms with Gasteiger partial charge in [0.15, 0.2) is 0 Å². The molecule has 1 aromatic rings. The van der Waals surface area contributed by atoms with Crippen molar-refractivity contribution in [1.82, 2.24) is 0 Å². The third kappa shape index (κ3) is 4.02. The summed E-state index contributed by atoms with van der Waals surface area (Å²) in [6.45, 7) is 0. The van der Waals surface area contributed by atoms with Crippen LogP contribution in [-0.4, -0.2) is 11.7 Å². The predicted molar refractivity (Wildman–Crippen MR) is 65.1 cm³/mol. The van der Waals surface area contributed by atoms with Crippen molar-refractivity contribution in [2.75, 3.05) is 5.88 Å². The van der Waals surface area contributed by atoms with Crippen LogP contribution in [0.1, 0.15) is 18.4 Å². The van der Waals surface area contributed by atoms with Gasteiger partial charge in [-0.2, -0.15) is 0 Å². The number of hydrogen-bond acceptors (Lipinski definition) is 1. The molecule has 1 rings (SSSR count). The molecule has 0 unspecified atom stereocenters. The smallest absolute Gasteiger partial charge is 0.137 e. The topological polar surface area (TPSA) is 17.1 Å². The zero-order valence-corrected chi connectivity index (χ0v) is 10.4. The zero-order chi connectivity index (χ0) is 11.3. The summed E-state index contributed by atoms with van der Waals surface area (Å²) in [5, 5.41) is 1.09. The number of Topliss-reactive ketones (excluding diaryl/α,β-unsaturated/α-hetero) is 1. The Morgan fingerprint density at radius 2 is 1.80 bits per heavy atom. The van der Waals surface area contributed by atoms with Crippen LogP contribution in [0.25, 0.3) is 0 Å². The van der Waals surface area contributed by atoms with Gasteiger partial charge in [-0.3, -0.25) is 4.79 Å². The molecule has 0 spiro atoms. The highest BCUT2D eigenvalue weighted by molar-refractivity contribution is 6.36. The monoisotopic (exact) mass is 264 g/mol. The maximum atomic E-state index is 11.5. The summed E-state index contributed by atoms with van der Waals surface area (Å²) in [7, 11) is 0. The number of benzene rings is 1. The molecule has 0 fully saturated rings. The molecular weight excluding hydrogens is 254 g/mol. The molecule has 1 nitrogen and oxygen atoms in total. The van der Waals surface area contributed by atoms with Gasteiger partial charge in [0, 0.05) is 28.8 Å². The number of rotatable bonds is 5. The van der Waals surface area contributed by atoms with Gasteiger partial charge in [-0.15, -0.1) is 11.6 Å². The molecule has 0 saturated carbocycles. The van der Waals surface area contributed by atoms with E-state index in [1.165, 1.54) is 0 Å². The molecule has 0 aliphatic carbocycles. The third-order valence-electron chi connectivity index (χ3n) is 2.02. The van der Waals surface area contributed by atoms with Gasteiger partial charge in [-0.1, -0.05) is 29.3 Å². The van der Waals surface area contributed by atoms with Crippen molar-refractivity contribution < 1.29 is 4.79 Å². The molecule has 15 heavy (non-hydrogen) atoms. The zero-order valence-electron chi connectivity index (χ0n) is 8.10. The quantitative estimate of drug-likeness (QED) is 0.732. The summed E-state index contributed by atoms with van der Waals surface area (Å²) in [6.07, 6.45) is 1.46. The highest BCUT2D eigenvalue weighted by atomic mass is 35.5. The lowest BCUT2D eigenvalue weighted by atomic mass is 10.1. The van der Waals surface area contributed by atoms with Gasteiger partial charge in [-0.05, 0) is 24.1 Å². The SMILES string of the molecule is O=C(CCCCl)Cc1c(Cl)cccc1Cl. The first-order chi connectivity index (χ1) is 7.15. The van der Waals surface area contributed by atoms with Crippen LogP contribution in [0.4, 0.5) is 0 Å². The fourth-order valence-electron chi connectivity index (χ4n) is 1.25. The average molecular weight is 266 g/mol. The van der Waals surface area contributed by atoms with E-state index >= 15 is 0 Å². The second-order valence-electron chi connectivity index (χ2n) is 3.21. The van der Waals surface area contributed by atoms with Crippen LogP contribution in [0.15, 0.2) is 18.2 Å². The first kappa shape index (κ1) is 12.8. The van der Waals surface area contributed by atoms with Crippen molar-refractivity contribution in [3.8, 4) is 0 Å². The molecule has 0 amide bonds. The first-order valence-corrected chi connectivity index (χ1v) is 5.94. The number of hydrogen-bond donors (Lipinski definition) is 0. The van der Waals surface area contributed by atoms with Gasteiger partial charge in [-0.25, -0.2) is 0 Å². The van der Waals surface area contributed by atoms with Crippen molar-refractivity contribution in [3.05, 3.63) is 33.8 Å². The van der Waals surface area contributed by atoms with Crippen LogP contribution in [0, 0.1) is 0 Å². The summed E-state index contributed by atoms with van der Waals surface area (Å²) < 4.78 is 0.